The Balaban J connectivity index is 0.00000289. The molecule has 2 aliphatic rings. The van der Waals surface area contributed by atoms with Crippen LogP contribution in [0, 0.1) is 5.82 Å². The molecule has 2 aromatic carbocycles. The smallest absolute Gasteiger partial charge is 0.191 e. The summed E-state index contributed by atoms with van der Waals surface area (Å²) in [6.45, 7) is 4.21. The first kappa shape index (κ1) is 24.9. The van der Waals surface area contributed by atoms with Crippen LogP contribution in [-0.2, 0) is 18.5 Å². The molecule has 0 aromatic heterocycles. The van der Waals surface area contributed by atoms with Crippen LogP contribution in [-0.4, -0.2) is 48.8 Å². The van der Waals surface area contributed by atoms with Crippen LogP contribution in [0.4, 0.5) is 4.39 Å². The zero-order chi connectivity index (χ0) is 21.7. The molecule has 174 valence electrons. The number of hydrogen-bond acceptors (Lipinski definition) is 3. The third kappa shape index (κ3) is 6.42. The summed E-state index contributed by atoms with van der Waals surface area (Å²) in [5.41, 5.74) is 3.17. The summed E-state index contributed by atoms with van der Waals surface area (Å²) in [5, 5.41) is 16.4. The highest BCUT2D eigenvalue weighted by Crippen LogP contribution is 2.48. The average molecular weight is 552 g/mol. The molecular formula is C25H34FIN4O. The van der Waals surface area contributed by atoms with Gasteiger partial charge in [0, 0.05) is 45.2 Å². The zero-order valence-corrected chi connectivity index (χ0v) is 21.0. The minimum absolute atomic E-state index is 0. The fraction of sp³-hybridized carbons (Fsp3) is 0.480. The van der Waals surface area contributed by atoms with Gasteiger partial charge in [-0.2, -0.15) is 0 Å². The van der Waals surface area contributed by atoms with Crippen LogP contribution in [0.1, 0.15) is 42.4 Å². The Morgan fingerprint density at radius 2 is 1.72 bits per heavy atom. The Morgan fingerprint density at radius 1 is 1.06 bits per heavy atom. The molecule has 2 aromatic rings. The summed E-state index contributed by atoms with van der Waals surface area (Å²) >= 11 is 0. The van der Waals surface area contributed by atoms with Crippen molar-refractivity contribution in [2.45, 2.75) is 50.3 Å². The van der Waals surface area contributed by atoms with E-state index in [2.05, 4.69) is 44.8 Å². The molecule has 7 heteroatoms. The maximum atomic E-state index is 14.2. The van der Waals surface area contributed by atoms with Crippen LogP contribution in [0.15, 0.2) is 53.5 Å². The second-order valence-electron chi connectivity index (χ2n) is 8.86. The summed E-state index contributed by atoms with van der Waals surface area (Å²) in [4.78, 5) is 6.72. The van der Waals surface area contributed by atoms with Crippen LogP contribution in [0.5, 0.6) is 0 Å². The zero-order valence-electron chi connectivity index (χ0n) is 18.7. The fourth-order valence-electron chi connectivity index (χ4n) is 4.34. The second-order valence-corrected chi connectivity index (χ2v) is 8.86. The van der Waals surface area contributed by atoms with E-state index in [4.69, 9.17) is 0 Å². The van der Waals surface area contributed by atoms with E-state index in [9.17, 15) is 9.50 Å². The molecular weight excluding hydrogens is 518 g/mol. The summed E-state index contributed by atoms with van der Waals surface area (Å²) in [5.74, 6) is 0.615. The number of guanidine groups is 1. The van der Waals surface area contributed by atoms with E-state index in [1.807, 2.05) is 12.1 Å². The molecule has 1 heterocycles. The number of nitrogens with one attached hydrogen (secondary N) is 2. The number of piperidine rings is 1. The average Bonchev–Trinajstić information content (AvgIpc) is 3.58. The molecule has 0 unspecified atom stereocenters. The van der Waals surface area contributed by atoms with E-state index < -0.39 is 0 Å². The van der Waals surface area contributed by atoms with Gasteiger partial charge < -0.3 is 15.7 Å². The lowest BCUT2D eigenvalue weighted by molar-refractivity contribution is 0.0792. The Hall–Kier alpha value is -1.71. The van der Waals surface area contributed by atoms with Crippen molar-refractivity contribution in [2.24, 2.45) is 4.99 Å². The fourth-order valence-corrected chi connectivity index (χ4v) is 4.34. The molecule has 1 saturated heterocycles. The minimum Gasteiger partial charge on any atom is -0.393 e. The van der Waals surface area contributed by atoms with E-state index in [0.717, 1.165) is 56.8 Å². The first-order valence-corrected chi connectivity index (χ1v) is 11.3. The van der Waals surface area contributed by atoms with E-state index >= 15 is 0 Å². The van der Waals surface area contributed by atoms with Crippen LogP contribution < -0.4 is 10.6 Å². The quantitative estimate of drug-likeness (QED) is 0.278. The molecule has 2 fully saturated rings. The second kappa shape index (κ2) is 11.4. The molecule has 0 atom stereocenters. The third-order valence-electron chi connectivity index (χ3n) is 6.56. The molecule has 0 amide bonds. The highest BCUT2D eigenvalue weighted by atomic mass is 127. The first-order valence-electron chi connectivity index (χ1n) is 11.3. The van der Waals surface area contributed by atoms with Gasteiger partial charge in [-0.25, -0.2) is 4.39 Å². The standard InChI is InChI=1S/C25H33FN4O.HI/c1-27-24(29-18-25(12-13-25)22-4-2-3-5-23(22)26)28-16-19-6-8-20(9-7-19)17-30-14-10-21(31)11-15-30;/h2-9,21,31H,10-18H2,1H3,(H2,27,28,29);1H. The number of nitrogens with zero attached hydrogens (tertiary/aromatic N) is 2. The molecule has 4 rings (SSSR count). The summed E-state index contributed by atoms with van der Waals surface area (Å²) in [7, 11) is 1.76. The Labute approximate surface area is 207 Å². The molecule has 1 aliphatic carbocycles. The van der Waals surface area contributed by atoms with Crippen LogP contribution in [0.25, 0.3) is 0 Å². The van der Waals surface area contributed by atoms with Crippen molar-refractivity contribution in [3.63, 3.8) is 0 Å². The largest absolute Gasteiger partial charge is 0.393 e. The number of halogens is 2. The lowest BCUT2D eigenvalue weighted by Gasteiger charge is -2.29. The van der Waals surface area contributed by atoms with Gasteiger partial charge in [-0.15, -0.1) is 24.0 Å². The molecule has 3 N–H and O–H groups in total. The number of aliphatic hydroxyl groups is 1. The van der Waals surface area contributed by atoms with E-state index in [1.54, 1.807) is 19.2 Å². The van der Waals surface area contributed by atoms with Gasteiger partial charge in [0.1, 0.15) is 5.82 Å². The normalized spacial score (nSPS) is 18.7. The third-order valence-corrected chi connectivity index (χ3v) is 6.56. The van der Waals surface area contributed by atoms with Gasteiger partial charge in [-0.05, 0) is 48.4 Å². The van der Waals surface area contributed by atoms with Gasteiger partial charge >= 0.3 is 0 Å². The highest BCUT2D eigenvalue weighted by Gasteiger charge is 2.45. The lowest BCUT2D eigenvalue weighted by atomic mass is 9.95. The minimum atomic E-state index is -0.130. The van der Waals surface area contributed by atoms with Gasteiger partial charge in [0.05, 0.1) is 6.10 Å². The number of rotatable bonds is 7. The van der Waals surface area contributed by atoms with Gasteiger partial charge in [0.25, 0.3) is 0 Å². The Morgan fingerprint density at radius 3 is 2.34 bits per heavy atom. The van der Waals surface area contributed by atoms with E-state index in [-0.39, 0.29) is 41.3 Å². The Bertz CT molecular complexity index is 893. The van der Waals surface area contributed by atoms with Crippen LogP contribution >= 0.6 is 24.0 Å². The number of benzene rings is 2. The van der Waals surface area contributed by atoms with Crippen molar-refractivity contribution < 1.29 is 9.50 Å². The highest BCUT2D eigenvalue weighted by molar-refractivity contribution is 14.0. The molecule has 1 aliphatic heterocycles. The topological polar surface area (TPSA) is 59.9 Å². The molecule has 32 heavy (non-hydrogen) atoms. The molecule has 0 radical (unpaired) electrons. The number of aliphatic imine (C=N–C) groups is 1. The molecule has 5 nitrogen and oxygen atoms in total. The molecule has 1 saturated carbocycles. The number of aliphatic hydroxyl groups excluding tert-OH is 1. The molecule has 0 bridgehead atoms. The van der Waals surface area contributed by atoms with Gasteiger partial charge in [0.2, 0.25) is 0 Å². The van der Waals surface area contributed by atoms with Gasteiger partial charge in [0.15, 0.2) is 5.96 Å². The first-order chi connectivity index (χ1) is 15.1. The van der Waals surface area contributed by atoms with Crippen LogP contribution in [0.2, 0.25) is 0 Å². The van der Waals surface area contributed by atoms with E-state index in [1.165, 1.54) is 11.1 Å². The summed E-state index contributed by atoms with van der Waals surface area (Å²) in [6.07, 6.45) is 3.60. The van der Waals surface area contributed by atoms with Crippen molar-refractivity contribution in [3.8, 4) is 0 Å². The number of hydrogen-bond donors (Lipinski definition) is 3. The van der Waals surface area contributed by atoms with Crippen molar-refractivity contribution in [1.82, 2.24) is 15.5 Å². The van der Waals surface area contributed by atoms with Gasteiger partial charge in [-0.3, -0.25) is 9.89 Å². The number of likely N-dealkylation sites (tertiary alicyclic amines) is 1. The van der Waals surface area contributed by atoms with E-state index in [0.29, 0.717) is 13.1 Å². The van der Waals surface area contributed by atoms with Crippen molar-refractivity contribution in [1.29, 1.82) is 0 Å². The van der Waals surface area contributed by atoms with Crippen molar-refractivity contribution in [3.05, 3.63) is 71.0 Å². The summed E-state index contributed by atoms with van der Waals surface area (Å²) < 4.78 is 14.2. The monoisotopic (exact) mass is 552 g/mol. The van der Waals surface area contributed by atoms with Crippen molar-refractivity contribution >= 4 is 29.9 Å². The SMILES string of the molecule is CN=C(NCc1ccc(CN2CCC(O)CC2)cc1)NCC1(c2ccccc2F)CC1.I. The predicted octanol–water partition coefficient (Wildman–Crippen LogP) is 3.80. The Kier molecular flexibility index (Phi) is 8.90. The molecule has 0 spiro atoms. The lowest BCUT2D eigenvalue weighted by Crippen LogP contribution is -2.41. The van der Waals surface area contributed by atoms with Crippen molar-refractivity contribution in [2.75, 3.05) is 26.7 Å². The summed E-state index contributed by atoms with van der Waals surface area (Å²) in [6, 6.07) is 15.7. The maximum absolute atomic E-state index is 14.2. The van der Waals surface area contributed by atoms with Gasteiger partial charge in [-0.1, -0.05) is 42.5 Å². The predicted molar refractivity (Wildman–Crippen MR) is 138 cm³/mol. The maximum Gasteiger partial charge on any atom is 0.191 e. The van der Waals surface area contributed by atoms with Crippen LogP contribution in [0.3, 0.4) is 0 Å².